The minimum absolute atomic E-state index is 0.393. The van der Waals surface area contributed by atoms with Crippen molar-refractivity contribution in [2.24, 2.45) is 0 Å². The highest BCUT2D eigenvalue weighted by Gasteiger charge is 2.24. The number of thioether (sulfide) groups is 1. The third kappa shape index (κ3) is 4.04. The molecule has 1 saturated heterocycles. The first-order valence-corrected chi connectivity index (χ1v) is 8.20. The van der Waals surface area contributed by atoms with Crippen LogP contribution in [-0.2, 0) is 6.54 Å². The first kappa shape index (κ1) is 15.0. The van der Waals surface area contributed by atoms with Crippen LogP contribution >= 0.6 is 23.4 Å². The van der Waals surface area contributed by atoms with E-state index in [1.807, 2.05) is 13.1 Å². The maximum atomic E-state index is 6.12. The molecule has 1 N–H and O–H groups in total. The topological polar surface area (TPSA) is 15.3 Å². The lowest BCUT2D eigenvalue weighted by Gasteiger charge is -2.26. The monoisotopic (exact) mass is 298 g/mol. The van der Waals surface area contributed by atoms with E-state index in [9.17, 15) is 0 Å². The lowest BCUT2D eigenvalue weighted by atomic mass is 10.1. The summed E-state index contributed by atoms with van der Waals surface area (Å²) in [5.41, 5.74) is 2.62. The largest absolute Gasteiger partial charge is 0.370 e. The van der Waals surface area contributed by atoms with Gasteiger partial charge in [-0.15, -0.1) is 0 Å². The number of anilines is 1. The summed E-state index contributed by atoms with van der Waals surface area (Å²) >= 11 is 8.20. The molecule has 1 heterocycles. The van der Waals surface area contributed by atoms with E-state index in [4.69, 9.17) is 11.6 Å². The van der Waals surface area contributed by atoms with E-state index in [2.05, 4.69) is 48.0 Å². The molecule has 0 amide bonds. The van der Waals surface area contributed by atoms with Crippen LogP contribution in [0.4, 0.5) is 5.69 Å². The van der Waals surface area contributed by atoms with Gasteiger partial charge < -0.3 is 10.2 Å². The van der Waals surface area contributed by atoms with Gasteiger partial charge in [-0.1, -0.05) is 25.4 Å². The van der Waals surface area contributed by atoms with E-state index in [0.717, 1.165) is 24.7 Å². The van der Waals surface area contributed by atoms with Gasteiger partial charge in [0.05, 0.1) is 0 Å². The average molecular weight is 299 g/mol. The molecule has 2 rings (SSSR count). The fourth-order valence-electron chi connectivity index (χ4n) is 2.46. The van der Waals surface area contributed by atoms with E-state index in [1.54, 1.807) is 0 Å². The zero-order valence-electron chi connectivity index (χ0n) is 12.0. The van der Waals surface area contributed by atoms with Crippen LogP contribution in [0.25, 0.3) is 0 Å². The number of benzene rings is 1. The Kier molecular flexibility index (Phi) is 5.04. The zero-order chi connectivity index (χ0) is 13.9. The minimum Gasteiger partial charge on any atom is -0.370 e. The third-order valence-corrected chi connectivity index (χ3v) is 5.19. The fourth-order valence-corrected chi connectivity index (χ4v) is 3.75. The second-order valence-electron chi connectivity index (χ2n) is 5.65. The molecular weight excluding hydrogens is 276 g/mol. The highest BCUT2D eigenvalue weighted by Crippen LogP contribution is 2.33. The van der Waals surface area contributed by atoms with Crippen molar-refractivity contribution >= 4 is 29.1 Å². The number of nitrogens with one attached hydrogen (secondary N) is 1. The molecule has 1 aliphatic heterocycles. The summed E-state index contributed by atoms with van der Waals surface area (Å²) in [6.07, 6.45) is 1.22. The Morgan fingerprint density at radius 2 is 2.16 bits per heavy atom. The molecule has 1 aliphatic rings. The van der Waals surface area contributed by atoms with Crippen LogP contribution in [0, 0.1) is 0 Å². The summed E-state index contributed by atoms with van der Waals surface area (Å²) < 4.78 is 0.393. The molecule has 4 heteroatoms. The Bertz CT molecular complexity index is 434. The number of halogens is 1. The smallest absolute Gasteiger partial charge is 0.0413 e. The molecule has 1 aromatic rings. The zero-order valence-corrected chi connectivity index (χ0v) is 13.6. The predicted octanol–water partition coefficient (Wildman–Crippen LogP) is 3.78. The maximum Gasteiger partial charge on any atom is 0.0413 e. The number of rotatable bonds is 3. The molecule has 19 heavy (non-hydrogen) atoms. The van der Waals surface area contributed by atoms with Crippen molar-refractivity contribution in [1.82, 2.24) is 5.32 Å². The van der Waals surface area contributed by atoms with Crippen LogP contribution in [0.2, 0.25) is 5.02 Å². The van der Waals surface area contributed by atoms with Crippen LogP contribution in [0.15, 0.2) is 18.2 Å². The molecule has 0 unspecified atom stereocenters. The third-order valence-electron chi connectivity index (χ3n) is 3.59. The van der Waals surface area contributed by atoms with E-state index in [1.165, 1.54) is 23.4 Å². The Morgan fingerprint density at radius 1 is 1.37 bits per heavy atom. The van der Waals surface area contributed by atoms with Crippen LogP contribution in [0.1, 0.15) is 25.8 Å². The summed E-state index contributed by atoms with van der Waals surface area (Å²) in [5.74, 6) is 1.19. The van der Waals surface area contributed by atoms with E-state index < -0.39 is 0 Å². The van der Waals surface area contributed by atoms with Gasteiger partial charge in [0, 0.05) is 40.8 Å². The van der Waals surface area contributed by atoms with Crippen LogP contribution in [0.5, 0.6) is 0 Å². The average Bonchev–Trinajstić information content (AvgIpc) is 2.51. The molecular formula is C15H23ClN2S. The SMILES string of the molecule is CNCc1cc(Cl)ccc1N1CCSC(C)(C)CC1. The highest BCUT2D eigenvalue weighted by atomic mass is 35.5. The first-order chi connectivity index (χ1) is 9.02. The van der Waals surface area contributed by atoms with Gasteiger partial charge in [0.1, 0.15) is 0 Å². The predicted molar refractivity (Wildman–Crippen MR) is 87.6 cm³/mol. The molecule has 0 radical (unpaired) electrons. The second kappa shape index (κ2) is 6.38. The Labute approximate surface area is 125 Å². The lowest BCUT2D eigenvalue weighted by molar-refractivity contribution is 0.636. The molecule has 0 spiro atoms. The maximum absolute atomic E-state index is 6.12. The Balaban J connectivity index is 2.21. The van der Waals surface area contributed by atoms with E-state index >= 15 is 0 Å². The fraction of sp³-hybridized carbons (Fsp3) is 0.600. The van der Waals surface area contributed by atoms with Crippen molar-refractivity contribution in [2.75, 3.05) is 30.8 Å². The van der Waals surface area contributed by atoms with Crippen LogP contribution < -0.4 is 10.2 Å². The van der Waals surface area contributed by atoms with Gasteiger partial charge in [-0.3, -0.25) is 0 Å². The highest BCUT2D eigenvalue weighted by molar-refractivity contribution is 8.00. The quantitative estimate of drug-likeness (QED) is 0.914. The standard InChI is InChI=1S/C15H23ClN2S/c1-15(2)6-7-18(8-9-19-15)14-5-4-13(16)10-12(14)11-17-3/h4-5,10,17H,6-9,11H2,1-3H3. The van der Waals surface area contributed by atoms with Gasteiger partial charge in [-0.25, -0.2) is 0 Å². The Morgan fingerprint density at radius 3 is 2.89 bits per heavy atom. The van der Waals surface area contributed by atoms with Crippen molar-refractivity contribution in [3.63, 3.8) is 0 Å². The lowest BCUT2D eigenvalue weighted by Crippen LogP contribution is -2.28. The molecule has 0 aromatic heterocycles. The molecule has 0 saturated carbocycles. The second-order valence-corrected chi connectivity index (χ2v) is 7.89. The molecule has 0 atom stereocenters. The van der Waals surface area contributed by atoms with Gasteiger partial charge in [-0.05, 0) is 37.2 Å². The van der Waals surface area contributed by atoms with Gasteiger partial charge in [0.2, 0.25) is 0 Å². The minimum atomic E-state index is 0.393. The summed E-state index contributed by atoms with van der Waals surface area (Å²) in [6, 6.07) is 6.24. The van der Waals surface area contributed by atoms with E-state index in [0.29, 0.717) is 4.75 Å². The summed E-state index contributed by atoms with van der Waals surface area (Å²) in [7, 11) is 1.98. The molecule has 1 fully saturated rings. The molecule has 1 aromatic carbocycles. The van der Waals surface area contributed by atoms with Gasteiger partial charge >= 0.3 is 0 Å². The molecule has 0 aliphatic carbocycles. The van der Waals surface area contributed by atoms with Crippen molar-refractivity contribution in [1.29, 1.82) is 0 Å². The van der Waals surface area contributed by atoms with Crippen molar-refractivity contribution in [3.05, 3.63) is 28.8 Å². The molecule has 106 valence electrons. The van der Waals surface area contributed by atoms with Crippen molar-refractivity contribution in [2.45, 2.75) is 31.6 Å². The summed E-state index contributed by atoms with van der Waals surface area (Å²) in [4.78, 5) is 2.50. The number of hydrogen-bond acceptors (Lipinski definition) is 3. The van der Waals surface area contributed by atoms with Crippen molar-refractivity contribution < 1.29 is 0 Å². The summed E-state index contributed by atoms with van der Waals surface area (Å²) in [5, 5.41) is 4.05. The number of hydrogen-bond donors (Lipinski definition) is 1. The number of nitrogens with zero attached hydrogens (tertiary/aromatic N) is 1. The van der Waals surface area contributed by atoms with Crippen molar-refractivity contribution in [3.8, 4) is 0 Å². The normalized spacial score (nSPS) is 19.3. The van der Waals surface area contributed by atoms with Crippen LogP contribution in [0.3, 0.4) is 0 Å². The van der Waals surface area contributed by atoms with Gasteiger partial charge in [0.25, 0.3) is 0 Å². The van der Waals surface area contributed by atoms with Gasteiger partial charge in [0.15, 0.2) is 0 Å². The molecule has 0 bridgehead atoms. The Hall–Kier alpha value is -0.380. The molecule has 2 nitrogen and oxygen atoms in total. The van der Waals surface area contributed by atoms with E-state index in [-0.39, 0.29) is 0 Å². The summed E-state index contributed by atoms with van der Waals surface area (Å²) in [6.45, 7) is 7.79. The first-order valence-electron chi connectivity index (χ1n) is 6.84. The van der Waals surface area contributed by atoms with Crippen LogP contribution in [-0.4, -0.2) is 30.6 Å². The van der Waals surface area contributed by atoms with Gasteiger partial charge in [-0.2, -0.15) is 11.8 Å².